The molecule has 1 N–H and O–H groups in total. The number of carbonyl (C=O) groups is 2. The Morgan fingerprint density at radius 3 is 2.67 bits per heavy atom. The van der Waals surface area contributed by atoms with Crippen LogP contribution < -0.4 is 5.32 Å². The van der Waals surface area contributed by atoms with Gasteiger partial charge in [-0.2, -0.15) is 0 Å². The minimum absolute atomic E-state index is 0.384. The molecule has 0 bridgehead atoms. The van der Waals surface area contributed by atoms with Gasteiger partial charge in [-0.05, 0) is 13.0 Å². The van der Waals surface area contributed by atoms with Crippen molar-refractivity contribution < 1.29 is 14.3 Å². The number of nitrogens with one attached hydrogen (secondary N) is 1. The lowest BCUT2D eigenvalue weighted by molar-refractivity contribution is -0.136. The van der Waals surface area contributed by atoms with E-state index in [0.29, 0.717) is 12.0 Å². The van der Waals surface area contributed by atoms with Crippen molar-refractivity contribution >= 4 is 12.4 Å². The van der Waals surface area contributed by atoms with Crippen molar-refractivity contribution in [3.8, 4) is 0 Å². The maximum Gasteiger partial charge on any atom is 0.333 e. The molecule has 0 radical (unpaired) electrons. The zero-order valence-electron chi connectivity index (χ0n) is 7.03. The van der Waals surface area contributed by atoms with E-state index in [4.69, 9.17) is 0 Å². The number of amides is 1. The van der Waals surface area contributed by atoms with Gasteiger partial charge in [0.05, 0.1) is 7.11 Å². The maximum atomic E-state index is 10.8. The van der Waals surface area contributed by atoms with Gasteiger partial charge >= 0.3 is 5.97 Å². The number of hydrogen-bond donors (Lipinski definition) is 1. The molecular weight excluding hydrogens is 158 g/mol. The lowest BCUT2D eigenvalue weighted by atomic mass is 10.3. The van der Waals surface area contributed by atoms with Crippen LogP contribution in [0.3, 0.4) is 0 Å². The van der Waals surface area contributed by atoms with Crippen molar-refractivity contribution in [2.75, 3.05) is 7.11 Å². The fourth-order valence-corrected chi connectivity index (χ4v) is 0.516. The number of allylic oxidation sites excluding steroid dienone is 2. The normalized spacial score (nSPS) is 11.3. The Labute approximate surface area is 70.9 Å². The van der Waals surface area contributed by atoms with Crippen molar-refractivity contribution in [1.82, 2.24) is 5.32 Å². The first-order valence-corrected chi connectivity index (χ1v) is 3.33. The molecule has 0 unspecified atom stereocenters. The number of methoxy groups -OCH3 is 1. The molecule has 66 valence electrons. The summed E-state index contributed by atoms with van der Waals surface area (Å²) in [7, 11) is 1.31. The summed E-state index contributed by atoms with van der Waals surface area (Å²) in [5, 5.41) is 2.30. The predicted molar refractivity (Wildman–Crippen MR) is 44.1 cm³/mol. The Morgan fingerprint density at radius 2 is 2.17 bits per heavy atom. The summed E-state index contributed by atoms with van der Waals surface area (Å²) in [5.41, 5.74) is 0.474. The third kappa shape index (κ3) is 4.27. The molecule has 0 heterocycles. The van der Waals surface area contributed by atoms with Crippen LogP contribution in [0.15, 0.2) is 23.9 Å². The Hall–Kier alpha value is -1.58. The third-order valence-corrected chi connectivity index (χ3v) is 1.11. The molecule has 0 aromatic heterocycles. The highest BCUT2D eigenvalue weighted by Gasteiger charge is 1.99. The first-order chi connectivity index (χ1) is 5.72. The van der Waals surface area contributed by atoms with Gasteiger partial charge in [-0.15, -0.1) is 0 Å². The van der Waals surface area contributed by atoms with Gasteiger partial charge in [-0.25, -0.2) is 4.79 Å². The number of hydrogen-bond acceptors (Lipinski definition) is 3. The molecule has 0 saturated carbocycles. The van der Waals surface area contributed by atoms with Crippen LogP contribution >= 0.6 is 0 Å². The second-order valence-electron chi connectivity index (χ2n) is 1.98. The van der Waals surface area contributed by atoms with Crippen LogP contribution in [0.2, 0.25) is 0 Å². The van der Waals surface area contributed by atoms with E-state index in [1.165, 1.54) is 13.3 Å². The van der Waals surface area contributed by atoms with Gasteiger partial charge in [-0.3, -0.25) is 4.79 Å². The Morgan fingerprint density at radius 1 is 1.50 bits per heavy atom. The van der Waals surface area contributed by atoms with Crippen LogP contribution in [-0.2, 0) is 14.3 Å². The van der Waals surface area contributed by atoms with Crippen molar-refractivity contribution in [3.63, 3.8) is 0 Å². The monoisotopic (exact) mass is 169 g/mol. The van der Waals surface area contributed by atoms with Gasteiger partial charge in [0.2, 0.25) is 6.41 Å². The summed E-state index contributed by atoms with van der Waals surface area (Å²) in [6.45, 7) is 1.62. The first kappa shape index (κ1) is 10.4. The van der Waals surface area contributed by atoms with Gasteiger partial charge in [0.15, 0.2) is 0 Å². The molecule has 0 fully saturated rings. The van der Waals surface area contributed by atoms with Gasteiger partial charge in [0.1, 0.15) is 0 Å². The van der Waals surface area contributed by atoms with Gasteiger partial charge in [0, 0.05) is 11.8 Å². The summed E-state index contributed by atoms with van der Waals surface area (Å²) in [5.74, 6) is -0.384. The summed E-state index contributed by atoms with van der Waals surface area (Å²) >= 11 is 0. The maximum absolute atomic E-state index is 10.8. The smallest absolute Gasteiger partial charge is 0.333 e. The van der Waals surface area contributed by atoms with Crippen molar-refractivity contribution in [2.24, 2.45) is 0 Å². The third-order valence-electron chi connectivity index (χ3n) is 1.11. The Bertz CT molecular complexity index is 218. The molecule has 0 atom stereocenters. The van der Waals surface area contributed by atoms with Crippen LogP contribution in [0, 0.1) is 0 Å². The van der Waals surface area contributed by atoms with E-state index in [-0.39, 0.29) is 5.97 Å². The molecule has 0 spiro atoms. The quantitative estimate of drug-likeness (QED) is 0.286. The molecule has 1 amide bonds. The van der Waals surface area contributed by atoms with Crippen molar-refractivity contribution in [3.05, 3.63) is 23.9 Å². The second kappa shape index (κ2) is 6.15. The zero-order valence-corrected chi connectivity index (χ0v) is 7.03. The predicted octanol–water partition coefficient (Wildman–Crippen LogP) is 0.365. The average Bonchev–Trinajstić information content (AvgIpc) is 2.10. The molecule has 0 aliphatic heterocycles. The average molecular weight is 169 g/mol. The standard InChI is InChI=1S/C8H11NO3/c1-7(8(11)12-2)4-3-5-9-6-10/h3-6H,1-2H3,(H,9,10)/b5-3-,7-4+. The van der Waals surface area contributed by atoms with Crippen LogP contribution in [-0.4, -0.2) is 19.5 Å². The highest BCUT2D eigenvalue weighted by molar-refractivity contribution is 5.87. The van der Waals surface area contributed by atoms with Gasteiger partial charge in [0.25, 0.3) is 0 Å². The second-order valence-corrected chi connectivity index (χ2v) is 1.98. The number of ether oxygens (including phenoxy) is 1. The van der Waals surface area contributed by atoms with E-state index in [1.807, 2.05) is 0 Å². The molecule has 0 aliphatic carbocycles. The van der Waals surface area contributed by atoms with Crippen molar-refractivity contribution in [1.29, 1.82) is 0 Å². The minimum Gasteiger partial charge on any atom is -0.466 e. The Balaban J connectivity index is 3.99. The Kier molecular flexibility index (Phi) is 5.34. The van der Waals surface area contributed by atoms with Crippen LogP contribution in [0.4, 0.5) is 0 Å². The fraction of sp³-hybridized carbons (Fsp3) is 0.250. The molecule has 0 aliphatic rings. The highest BCUT2D eigenvalue weighted by atomic mass is 16.5. The molecule has 0 saturated heterocycles. The highest BCUT2D eigenvalue weighted by Crippen LogP contribution is 1.94. The van der Waals surface area contributed by atoms with E-state index in [1.54, 1.807) is 19.1 Å². The van der Waals surface area contributed by atoms with E-state index in [2.05, 4.69) is 10.1 Å². The van der Waals surface area contributed by atoms with Crippen LogP contribution in [0.1, 0.15) is 6.92 Å². The van der Waals surface area contributed by atoms with Crippen molar-refractivity contribution in [2.45, 2.75) is 6.92 Å². The molecule has 0 rings (SSSR count). The topological polar surface area (TPSA) is 55.4 Å². The van der Waals surface area contributed by atoms with Gasteiger partial charge in [-0.1, -0.05) is 6.08 Å². The SMILES string of the molecule is COC(=O)/C(C)=C/C=C\NC=O. The lowest BCUT2D eigenvalue weighted by Gasteiger charge is -1.94. The summed E-state index contributed by atoms with van der Waals surface area (Å²) in [4.78, 5) is 20.5. The lowest BCUT2D eigenvalue weighted by Crippen LogP contribution is -2.01. The number of esters is 1. The molecule has 4 nitrogen and oxygen atoms in total. The summed E-state index contributed by atoms with van der Waals surface area (Å²) in [6, 6.07) is 0. The van der Waals surface area contributed by atoms with Crippen LogP contribution in [0.5, 0.6) is 0 Å². The van der Waals surface area contributed by atoms with Gasteiger partial charge < -0.3 is 10.1 Å². The molecular formula is C8H11NO3. The zero-order chi connectivity index (χ0) is 9.40. The van der Waals surface area contributed by atoms with E-state index in [0.717, 1.165) is 0 Å². The van der Waals surface area contributed by atoms with E-state index in [9.17, 15) is 9.59 Å². The molecule has 12 heavy (non-hydrogen) atoms. The summed E-state index contributed by atoms with van der Waals surface area (Å²) in [6.07, 6.45) is 5.04. The number of rotatable bonds is 4. The molecule has 4 heteroatoms. The van der Waals surface area contributed by atoms with E-state index < -0.39 is 0 Å². The number of carbonyl (C=O) groups excluding carboxylic acids is 2. The van der Waals surface area contributed by atoms with Crippen LogP contribution in [0.25, 0.3) is 0 Å². The minimum atomic E-state index is -0.384. The molecule has 0 aromatic rings. The first-order valence-electron chi connectivity index (χ1n) is 3.33. The summed E-state index contributed by atoms with van der Waals surface area (Å²) < 4.78 is 4.44. The largest absolute Gasteiger partial charge is 0.466 e. The fourth-order valence-electron chi connectivity index (χ4n) is 0.516. The molecule has 0 aromatic carbocycles. The van der Waals surface area contributed by atoms with E-state index >= 15 is 0 Å².